The lowest BCUT2D eigenvalue weighted by atomic mass is 9.97. The molecule has 0 saturated carbocycles. The number of amides is 1. The van der Waals surface area contributed by atoms with Gasteiger partial charge in [0.2, 0.25) is 5.91 Å². The van der Waals surface area contributed by atoms with E-state index in [4.69, 9.17) is 18.9 Å². The number of hydrogen-bond donors (Lipinski definition) is 9. The predicted octanol–water partition coefficient (Wildman–Crippen LogP) is 15.6. The van der Waals surface area contributed by atoms with Gasteiger partial charge in [0.25, 0.3) is 0 Å². The van der Waals surface area contributed by atoms with Gasteiger partial charge in [0, 0.05) is 6.42 Å². The summed E-state index contributed by atoms with van der Waals surface area (Å²) in [4.78, 5) is 13.4. The average molecular weight is 1260 g/mol. The first-order valence-corrected chi connectivity index (χ1v) is 37.0. The molecule has 12 unspecified atom stereocenters. The molecule has 9 N–H and O–H groups in total. The number of nitrogens with one attached hydrogen (secondary N) is 1. The summed E-state index contributed by atoms with van der Waals surface area (Å²) < 4.78 is 22.9. The molecule has 0 radical (unpaired) electrons. The second kappa shape index (κ2) is 59.4. The van der Waals surface area contributed by atoms with Crippen LogP contribution < -0.4 is 5.32 Å². The molecule has 0 spiro atoms. The Bertz CT molecular complexity index is 1720. The number of aliphatic hydroxyl groups is 8. The van der Waals surface area contributed by atoms with Crippen LogP contribution in [0.4, 0.5) is 0 Å². The van der Waals surface area contributed by atoms with E-state index in [1.165, 1.54) is 225 Å². The Morgan fingerprint density at radius 2 is 0.775 bits per heavy atom. The van der Waals surface area contributed by atoms with Gasteiger partial charge in [-0.2, -0.15) is 0 Å². The van der Waals surface area contributed by atoms with E-state index in [0.717, 1.165) is 64.2 Å². The van der Waals surface area contributed by atoms with E-state index >= 15 is 0 Å². The molecule has 2 rings (SSSR count). The maximum absolute atomic E-state index is 13.4. The van der Waals surface area contributed by atoms with Gasteiger partial charge in [-0.3, -0.25) is 4.79 Å². The lowest BCUT2D eigenvalue weighted by Crippen LogP contribution is -2.65. The highest BCUT2D eigenvalue weighted by Crippen LogP contribution is 2.30. The van der Waals surface area contributed by atoms with Crippen LogP contribution in [0.5, 0.6) is 0 Å². The van der Waals surface area contributed by atoms with Crippen LogP contribution in [-0.4, -0.2) is 140 Å². The normalized spacial score (nSPS) is 23.3. The van der Waals surface area contributed by atoms with Crippen molar-refractivity contribution in [1.29, 1.82) is 0 Å². The molecule has 2 aliphatic heterocycles. The highest BCUT2D eigenvalue weighted by atomic mass is 16.7. The number of hydrogen-bond acceptors (Lipinski definition) is 13. The minimum Gasteiger partial charge on any atom is -0.394 e. The zero-order valence-corrected chi connectivity index (χ0v) is 56.7. The standard InChI is InChI=1S/C75H137NO13/c1-3-5-7-9-11-13-15-17-19-21-23-25-27-28-29-30-31-32-33-34-35-36-37-39-41-43-45-47-49-51-53-55-57-59-67(80)76-63(62-86-74-72(85)70(83)73(66(61-78)88-74)89-75-71(84)69(82)68(81)65(60-77)87-75)64(79)58-56-54-52-50-48-46-44-42-40-38-26-24-22-20-18-16-14-12-10-8-6-4-2/h5,7,11,13,17,19,23,25,56,58,63-66,68-75,77-79,81-85H,3-4,6,8-10,12,14-16,18,20-22,24,26-55,57,59-62H2,1-2H3,(H,76,80)/b7-5-,13-11-,19-17-,25-23-,58-56+. The molecule has 0 bridgehead atoms. The molecule has 2 saturated heterocycles. The lowest BCUT2D eigenvalue weighted by molar-refractivity contribution is -0.359. The number of carbonyl (C=O) groups is 1. The Morgan fingerprint density at radius 1 is 0.416 bits per heavy atom. The van der Waals surface area contributed by atoms with Gasteiger partial charge in [0.1, 0.15) is 48.8 Å². The summed E-state index contributed by atoms with van der Waals surface area (Å²) in [5.74, 6) is -0.234. The zero-order chi connectivity index (χ0) is 64.5. The van der Waals surface area contributed by atoms with Gasteiger partial charge in [0.15, 0.2) is 12.6 Å². The van der Waals surface area contributed by atoms with Crippen molar-refractivity contribution in [2.75, 3.05) is 19.8 Å². The Kier molecular flexibility index (Phi) is 55.3. The van der Waals surface area contributed by atoms with E-state index in [0.29, 0.717) is 6.42 Å². The van der Waals surface area contributed by atoms with Crippen molar-refractivity contribution in [3.63, 3.8) is 0 Å². The van der Waals surface area contributed by atoms with Crippen molar-refractivity contribution in [3.05, 3.63) is 60.8 Å². The molecule has 520 valence electrons. The fraction of sp³-hybridized carbons (Fsp3) is 0.853. The first-order valence-electron chi connectivity index (χ1n) is 37.0. The van der Waals surface area contributed by atoms with Gasteiger partial charge >= 0.3 is 0 Å². The molecule has 14 nitrogen and oxygen atoms in total. The topological polar surface area (TPSA) is 228 Å². The summed E-state index contributed by atoms with van der Waals surface area (Å²) in [6.07, 6.45) is 62.8. The van der Waals surface area contributed by atoms with E-state index in [9.17, 15) is 45.6 Å². The minimum absolute atomic E-state index is 0.234. The highest BCUT2D eigenvalue weighted by molar-refractivity contribution is 5.76. The summed E-state index contributed by atoms with van der Waals surface area (Å²) >= 11 is 0. The van der Waals surface area contributed by atoms with Gasteiger partial charge in [-0.15, -0.1) is 0 Å². The summed E-state index contributed by atoms with van der Waals surface area (Å²) in [6, 6.07) is -0.916. The van der Waals surface area contributed by atoms with Gasteiger partial charge in [-0.05, 0) is 57.8 Å². The van der Waals surface area contributed by atoms with Crippen molar-refractivity contribution < 1.29 is 64.6 Å². The molecule has 89 heavy (non-hydrogen) atoms. The molecule has 2 fully saturated rings. The Hall–Kier alpha value is -2.31. The number of allylic oxidation sites excluding steroid dienone is 9. The molecule has 0 aromatic rings. The van der Waals surface area contributed by atoms with Crippen LogP contribution in [0.1, 0.15) is 316 Å². The fourth-order valence-electron chi connectivity index (χ4n) is 12.1. The summed E-state index contributed by atoms with van der Waals surface area (Å²) in [5.41, 5.74) is 0. The smallest absolute Gasteiger partial charge is 0.220 e. The van der Waals surface area contributed by atoms with Crippen LogP contribution >= 0.6 is 0 Å². The molecule has 2 heterocycles. The molecule has 1 amide bonds. The molecule has 2 aliphatic rings. The van der Waals surface area contributed by atoms with E-state index < -0.39 is 86.8 Å². The number of ether oxygens (including phenoxy) is 4. The van der Waals surface area contributed by atoms with Crippen LogP contribution in [0.3, 0.4) is 0 Å². The highest BCUT2D eigenvalue weighted by Gasteiger charge is 2.51. The minimum atomic E-state index is -1.79. The first kappa shape index (κ1) is 82.8. The number of unbranched alkanes of at least 4 members (excludes halogenated alkanes) is 40. The Morgan fingerprint density at radius 3 is 1.19 bits per heavy atom. The van der Waals surface area contributed by atoms with Crippen molar-refractivity contribution in [2.45, 2.75) is 389 Å². The van der Waals surface area contributed by atoms with Crippen LogP contribution in [0, 0.1) is 0 Å². The zero-order valence-electron chi connectivity index (χ0n) is 56.7. The first-order chi connectivity index (χ1) is 43.6. The number of rotatable bonds is 61. The Balaban J connectivity index is 1.63. The van der Waals surface area contributed by atoms with E-state index in [2.05, 4.69) is 67.8 Å². The quantitative estimate of drug-likeness (QED) is 0.0204. The average Bonchev–Trinajstić information content (AvgIpc) is 2.75. The van der Waals surface area contributed by atoms with Crippen molar-refractivity contribution in [2.24, 2.45) is 0 Å². The predicted molar refractivity (Wildman–Crippen MR) is 364 cm³/mol. The number of aliphatic hydroxyl groups excluding tert-OH is 8. The van der Waals surface area contributed by atoms with Crippen LogP contribution in [-0.2, 0) is 23.7 Å². The second-order valence-corrected chi connectivity index (χ2v) is 26.0. The summed E-state index contributed by atoms with van der Waals surface area (Å²) in [5, 5.41) is 87.5. The molecule has 0 aliphatic carbocycles. The molecule has 12 atom stereocenters. The fourth-order valence-corrected chi connectivity index (χ4v) is 12.1. The monoisotopic (exact) mass is 1260 g/mol. The van der Waals surface area contributed by atoms with E-state index in [1.54, 1.807) is 6.08 Å². The summed E-state index contributed by atoms with van der Waals surface area (Å²) in [7, 11) is 0. The van der Waals surface area contributed by atoms with Gasteiger partial charge in [-0.25, -0.2) is 0 Å². The van der Waals surface area contributed by atoms with E-state index in [-0.39, 0.29) is 18.9 Å². The molecular weight excluding hydrogens is 1120 g/mol. The van der Waals surface area contributed by atoms with Crippen LogP contribution in [0.25, 0.3) is 0 Å². The van der Waals surface area contributed by atoms with E-state index in [1.807, 2.05) is 6.08 Å². The van der Waals surface area contributed by atoms with Crippen molar-refractivity contribution in [1.82, 2.24) is 5.32 Å². The second-order valence-electron chi connectivity index (χ2n) is 26.0. The lowest BCUT2D eigenvalue weighted by Gasteiger charge is -2.46. The number of carbonyl (C=O) groups excluding carboxylic acids is 1. The maximum Gasteiger partial charge on any atom is 0.220 e. The molecule has 0 aromatic heterocycles. The van der Waals surface area contributed by atoms with Gasteiger partial charge in [0.05, 0.1) is 32.0 Å². The van der Waals surface area contributed by atoms with Crippen LogP contribution in [0.15, 0.2) is 60.8 Å². The summed E-state index contributed by atoms with van der Waals surface area (Å²) in [6.45, 7) is 2.73. The SMILES string of the molecule is CC/C=C\C/C=C\C/C=C\C/C=C\CCCCCCCCCCCCCCCCCCCCCCC(=O)NC(COC1OC(CO)C(OC2OC(CO)C(O)C(O)C2O)C(O)C1O)C(O)/C=C/CCCCCCCCCCCCCCCCCCCCCC. The third-order valence-corrected chi connectivity index (χ3v) is 18.0. The molecular formula is C75H137NO13. The largest absolute Gasteiger partial charge is 0.394 e. The molecule has 0 aromatic carbocycles. The van der Waals surface area contributed by atoms with Crippen LogP contribution in [0.2, 0.25) is 0 Å². The van der Waals surface area contributed by atoms with Crippen molar-refractivity contribution in [3.8, 4) is 0 Å². The van der Waals surface area contributed by atoms with Gasteiger partial charge in [-0.1, -0.05) is 312 Å². The third-order valence-electron chi connectivity index (χ3n) is 18.0. The maximum atomic E-state index is 13.4. The van der Waals surface area contributed by atoms with Gasteiger partial charge < -0.3 is 65.1 Å². The van der Waals surface area contributed by atoms with Crippen molar-refractivity contribution >= 4 is 5.91 Å². The third kappa shape index (κ3) is 43.3. The Labute approximate surface area is 543 Å². The molecule has 14 heteroatoms.